The molecule has 0 aliphatic heterocycles. The van der Waals surface area contributed by atoms with E-state index >= 15 is 0 Å². The Balaban J connectivity index is 1.55. The maximum atomic E-state index is 12.6. The lowest BCUT2D eigenvalue weighted by Gasteiger charge is -2.10. The highest BCUT2D eigenvalue weighted by Gasteiger charge is 2.29. The Kier molecular flexibility index (Phi) is 7.14. The molecule has 0 aliphatic rings. The lowest BCUT2D eigenvalue weighted by Crippen LogP contribution is -2.23. The van der Waals surface area contributed by atoms with E-state index in [4.69, 9.17) is 9.84 Å². The van der Waals surface area contributed by atoms with Crippen molar-refractivity contribution in [3.05, 3.63) is 95.1 Å². The van der Waals surface area contributed by atoms with E-state index in [9.17, 15) is 22.8 Å². The SMILES string of the molecule is O=C(O)Cc1cccc(-c2cccc(CNC(=O)OCc3ccc(C(F)(F)F)cc3)c2)c1. The molecule has 0 saturated heterocycles. The van der Waals surface area contributed by atoms with Gasteiger partial charge in [-0.05, 0) is 46.0 Å². The van der Waals surface area contributed by atoms with Crippen LogP contribution >= 0.6 is 0 Å². The van der Waals surface area contributed by atoms with Gasteiger partial charge in [0.15, 0.2) is 0 Å². The standard InChI is InChI=1S/C24H20F3NO4/c25-24(26,27)21-9-7-16(8-10-21)15-32-23(31)28-14-18-4-2-6-20(12-18)19-5-1-3-17(11-19)13-22(29)30/h1-12H,13-15H2,(H,28,31)(H,29,30). The average Bonchev–Trinajstić information content (AvgIpc) is 2.76. The summed E-state index contributed by atoms with van der Waals surface area (Å²) in [5, 5.41) is 11.6. The summed E-state index contributed by atoms with van der Waals surface area (Å²) >= 11 is 0. The van der Waals surface area contributed by atoms with E-state index in [1.54, 1.807) is 18.2 Å². The molecule has 0 heterocycles. The fourth-order valence-corrected chi connectivity index (χ4v) is 3.06. The Labute approximate surface area is 182 Å². The van der Waals surface area contributed by atoms with Gasteiger partial charge in [-0.25, -0.2) is 4.79 Å². The summed E-state index contributed by atoms with van der Waals surface area (Å²) in [5.74, 6) is -0.907. The summed E-state index contributed by atoms with van der Waals surface area (Å²) < 4.78 is 42.8. The molecule has 3 rings (SSSR count). The van der Waals surface area contributed by atoms with Crippen LogP contribution in [-0.2, 0) is 35.3 Å². The van der Waals surface area contributed by atoms with Crippen molar-refractivity contribution in [3.63, 3.8) is 0 Å². The molecule has 32 heavy (non-hydrogen) atoms. The number of hydrogen-bond acceptors (Lipinski definition) is 3. The number of carboxylic acids is 1. The molecule has 0 aromatic heterocycles. The molecule has 0 aliphatic carbocycles. The predicted octanol–water partition coefficient (Wildman–Crippen LogP) is 5.43. The first-order chi connectivity index (χ1) is 15.2. The molecule has 1 amide bonds. The van der Waals surface area contributed by atoms with Crippen LogP contribution in [0.3, 0.4) is 0 Å². The van der Waals surface area contributed by atoms with Crippen LogP contribution in [0.5, 0.6) is 0 Å². The highest BCUT2D eigenvalue weighted by atomic mass is 19.4. The first-order valence-corrected chi connectivity index (χ1v) is 9.67. The minimum absolute atomic E-state index is 0.0696. The lowest BCUT2D eigenvalue weighted by molar-refractivity contribution is -0.138. The van der Waals surface area contributed by atoms with E-state index < -0.39 is 23.8 Å². The number of benzene rings is 3. The highest BCUT2D eigenvalue weighted by Crippen LogP contribution is 2.29. The van der Waals surface area contributed by atoms with Crippen LogP contribution in [0, 0.1) is 0 Å². The van der Waals surface area contributed by atoms with Gasteiger partial charge in [-0.2, -0.15) is 13.2 Å². The number of aliphatic carboxylic acids is 1. The predicted molar refractivity (Wildman–Crippen MR) is 112 cm³/mol. The Morgan fingerprint density at radius 1 is 0.844 bits per heavy atom. The number of hydrogen-bond donors (Lipinski definition) is 2. The van der Waals surface area contributed by atoms with E-state index in [2.05, 4.69) is 5.32 Å². The number of carbonyl (C=O) groups excluding carboxylic acids is 1. The fraction of sp³-hybridized carbons (Fsp3) is 0.167. The third kappa shape index (κ3) is 6.60. The Morgan fingerprint density at radius 2 is 1.44 bits per heavy atom. The number of carbonyl (C=O) groups is 2. The van der Waals surface area contributed by atoms with Crippen LogP contribution in [0.25, 0.3) is 11.1 Å². The number of rotatable bonds is 7. The van der Waals surface area contributed by atoms with Crippen molar-refractivity contribution in [1.82, 2.24) is 5.32 Å². The molecular formula is C24H20F3NO4. The molecule has 0 spiro atoms. The number of alkyl halides is 3. The maximum Gasteiger partial charge on any atom is 0.416 e. The van der Waals surface area contributed by atoms with E-state index in [1.807, 2.05) is 30.3 Å². The van der Waals surface area contributed by atoms with Gasteiger partial charge in [0, 0.05) is 6.54 Å². The Bertz CT molecular complexity index is 1090. The zero-order valence-electron chi connectivity index (χ0n) is 16.9. The molecule has 166 valence electrons. The molecule has 3 aromatic rings. The van der Waals surface area contributed by atoms with E-state index in [-0.39, 0.29) is 19.6 Å². The molecule has 2 N–H and O–H groups in total. The van der Waals surface area contributed by atoms with Crippen LogP contribution < -0.4 is 5.32 Å². The number of amides is 1. The first kappa shape index (κ1) is 22.9. The van der Waals surface area contributed by atoms with Crippen LogP contribution in [0.2, 0.25) is 0 Å². The van der Waals surface area contributed by atoms with Crippen molar-refractivity contribution in [2.24, 2.45) is 0 Å². The minimum Gasteiger partial charge on any atom is -0.481 e. The number of ether oxygens (including phenoxy) is 1. The van der Waals surface area contributed by atoms with Gasteiger partial charge in [0.1, 0.15) is 6.61 Å². The van der Waals surface area contributed by atoms with Gasteiger partial charge >= 0.3 is 18.2 Å². The van der Waals surface area contributed by atoms with Crippen molar-refractivity contribution in [2.75, 3.05) is 0 Å². The second-order valence-corrected chi connectivity index (χ2v) is 7.10. The van der Waals surface area contributed by atoms with Crippen LogP contribution in [0.1, 0.15) is 22.3 Å². The fourth-order valence-electron chi connectivity index (χ4n) is 3.06. The average molecular weight is 443 g/mol. The van der Waals surface area contributed by atoms with Gasteiger partial charge in [-0.3, -0.25) is 4.79 Å². The second kappa shape index (κ2) is 10.00. The molecule has 0 bridgehead atoms. The van der Waals surface area contributed by atoms with E-state index in [1.165, 1.54) is 12.1 Å². The summed E-state index contributed by atoms with van der Waals surface area (Å²) in [6, 6.07) is 19.0. The molecule has 0 atom stereocenters. The normalized spacial score (nSPS) is 11.1. The lowest BCUT2D eigenvalue weighted by atomic mass is 10.00. The van der Waals surface area contributed by atoms with Crippen molar-refractivity contribution in [3.8, 4) is 11.1 Å². The molecule has 3 aromatic carbocycles. The largest absolute Gasteiger partial charge is 0.481 e. The quantitative estimate of drug-likeness (QED) is 0.511. The topological polar surface area (TPSA) is 75.6 Å². The van der Waals surface area contributed by atoms with Crippen molar-refractivity contribution < 1.29 is 32.6 Å². The molecule has 0 unspecified atom stereocenters. The summed E-state index contributed by atoms with van der Waals surface area (Å²) in [6.07, 6.45) is -5.18. The smallest absolute Gasteiger partial charge is 0.416 e. The molecule has 5 nitrogen and oxygen atoms in total. The van der Waals surface area contributed by atoms with Crippen molar-refractivity contribution in [1.29, 1.82) is 0 Å². The van der Waals surface area contributed by atoms with Crippen LogP contribution in [0.15, 0.2) is 72.8 Å². The number of alkyl carbamates (subject to hydrolysis) is 1. The summed E-state index contributed by atoms with van der Waals surface area (Å²) in [5.41, 5.74) is 2.89. The molecule has 0 radical (unpaired) electrons. The van der Waals surface area contributed by atoms with Gasteiger partial charge in [0.25, 0.3) is 0 Å². The maximum absolute atomic E-state index is 12.6. The van der Waals surface area contributed by atoms with Gasteiger partial charge in [-0.15, -0.1) is 0 Å². The monoisotopic (exact) mass is 443 g/mol. The zero-order chi connectivity index (χ0) is 23.1. The van der Waals surface area contributed by atoms with Gasteiger partial charge in [-0.1, -0.05) is 54.6 Å². The van der Waals surface area contributed by atoms with Crippen LogP contribution in [0.4, 0.5) is 18.0 Å². The molecule has 0 saturated carbocycles. The summed E-state index contributed by atoms with van der Waals surface area (Å²) in [7, 11) is 0. The van der Waals surface area contributed by atoms with Gasteiger partial charge in [0.2, 0.25) is 0 Å². The summed E-state index contributed by atoms with van der Waals surface area (Å²) in [4.78, 5) is 22.9. The number of nitrogens with one attached hydrogen (secondary N) is 1. The van der Waals surface area contributed by atoms with E-state index in [0.29, 0.717) is 11.1 Å². The zero-order valence-corrected chi connectivity index (χ0v) is 16.9. The first-order valence-electron chi connectivity index (χ1n) is 9.67. The highest BCUT2D eigenvalue weighted by molar-refractivity contribution is 5.72. The van der Waals surface area contributed by atoms with E-state index in [0.717, 1.165) is 28.8 Å². The third-order valence-corrected chi connectivity index (χ3v) is 4.63. The van der Waals surface area contributed by atoms with Crippen molar-refractivity contribution >= 4 is 12.1 Å². The number of halogens is 3. The van der Waals surface area contributed by atoms with Gasteiger partial charge in [0.05, 0.1) is 12.0 Å². The van der Waals surface area contributed by atoms with Crippen molar-refractivity contribution in [2.45, 2.75) is 25.7 Å². The molecule has 0 fully saturated rings. The Morgan fingerprint density at radius 3 is 2.03 bits per heavy atom. The second-order valence-electron chi connectivity index (χ2n) is 7.10. The Hall–Kier alpha value is -3.81. The molecule has 8 heteroatoms. The minimum atomic E-state index is -4.41. The van der Waals surface area contributed by atoms with Crippen LogP contribution in [-0.4, -0.2) is 17.2 Å². The summed E-state index contributed by atoms with van der Waals surface area (Å²) in [6.45, 7) is 0.0366. The number of carboxylic acid groups (broad SMARTS) is 1. The molecular weight excluding hydrogens is 423 g/mol. The third-order valence-electron chi connectivity index (χ3n) is 4.63. The van der Waals surface area contributed by atoms with Gasteiger partial charge < -0.3 is 15.2 Å².